The number of ether oxygens (including phenoxy) is 1. The van der Waals surface area contributed by atoms with Crippen molar-refractivity contribution in [2.75, 3.05) is 12.0 Å². The topological polar surface area (TPSA) is 107 Å². The Morgan fingerprint density at radius 1 is 0.971 bits per heavy atom. The van der Waals surface area contributed by atoms with Crippen LogP contribution < -0.4 is 9.64 Å². The Kier molecular flexibility index (Phi) is 4.30. The van der Waals surface area contributed by atoms with E-state index in [-0.39, 0.29) is 28.8 Å². The maximum atomic E-state index is 14.1. The summed E-state index contributed by atoms with van der Waals surface area (Å²) >= 11 is 0. The van der Waals surface area contributed by atoms with Gasteiger partial charge < -0.3 is 4.74 Å². The van der Waals surface area contributed by atoms with Gasteiger partial charge in [-0.05, 0) is 35.2 Å². The number of nitrogens with zero attached hydrogens (tertiary/aromatic N) is 2. The Bertz CT molecular complexity index is 1430. The molecule has 4 aliphatic rings. The minimum Gasteiger partial charge on any atom is -0.494 e. The molecule has 1 fully saturated rings. The number of benzene rings is 3. The fraction of sp³-hybridized carbons (Fsp3) is 0.222. The first-order valence-electron chi connectivity index (χ1n) is 11.2. The van der Waals surface area contributed by atoms with Crippen molar-refractivity contribution < 1.29 is 24.0 Å². The fourth-order valence-electron chi connectivity index (χ4n) is 6.57. The first-order valence-corrected chi connectivity index (χ1v) is 11.2. The average molecular weight is 468 g/mol. The SMILES string of the molecule is COc1cc([N+](=O)[O-])ccc1N1C(=O)[C@@H]2[C@@H](C1=O)C1c3ccccc3C2(C(C)=O)c2ccccc21. The summed E-state index contributed by atoms with van der Waals surface area (Å²) in [6.07, 6.45) is 0. The van der Waals surface area contributed by atoms with E-state index in [2.05, 4.69) is 0 Å². The van der Waals surface area contributed by atoms with Crippen molar-refractivity contribution >= 4 is 29.0 Å². The van der Waals surface area contributed by atoms with Crippen LogP contribution in [0, 0.1) is 22.0 Å². The Morgan fingerprint density at radius 3 is 2.11 bits per heavy atom. The molecule has 174 valence electrons. The quantitative estimate of drug-likeness (QED) is 0.328. The van der Waals surface area contributed by atoms with Crippen LogP contribution in [-0.4, -0.2) is 29.6 Å². The predicted octanol–water partition coefficient (Wildman–Crippen LogP) is 3.74. The van der Waals surface area contributed by atoms with E-state index in [1.165, 1.54) is 32.2 Å². The summed E-state index contributed by atoms with van der Waals surface area (Å²) in [5.41, 5.74) is 1.88. The van der Waals surface area contributed by atoms with Gasteiger partial charge in [-0.15, -0.1) is 0 Å². The fourth-order valence-corrected chi connectivity index (χ4v) is 6.57. The van der Waals surface area contributed by atoms with Crippen molar-refractivity contribution in [2.45, 2.75) is 18.3 Å². The Labute approximate surface area is 200 Å². The lowest BCUT2D eigenvalue weighted by Crippen LogP contribution is -2.57. The van der Waals surface area contributed by atoms with Crippen LogP contribution in [0.4, 0.5) is 11.4 Å². The first kappa shape index (κ1) is 21.2. The smallest absolute Gasteiger partial charge is 0.273 e. The molecule has 7 rings (SSSR count). The summed E-state index contributed by atoms with van der Waals surface area (Å²) in [6, 6.07) is 18.8. The van der Waals surface area contributed by atoms with Gasteiger partial charge in [-0.1, -0.05) is 48.5 Å². The zero-order chi connectivity index (χ0) is 24.6. The van der Waals surface area contributed by atoms with Crippen molar-refractivity contribution in [2.24, 2.45) is 11.8 Å². The number of rotatable bonds is 4. The minimum absolute atomic E-state index is 0.0406. The second kappa shape index (κ2) is 7.09. The van der Waals surface area contributed by atoms with Gasteiger partial charge in [0.05, 0.1) is 41.0 Å². The van der Waals surface area contributed by atoms with Gasteiger partial charge in [0.1, 0.15) is 11.5 Å². The monoisotopic (exact) mass is 468 g/mol. The van der Waals surface area contributed by atoms with Gasteiger partial charge in [0.2, 0.25) is 11.8 Å². The maximum Gasteiger partial charge on any atom is 0.273 e. The van der Waals surface area contributed by atoms with Gasteiger partial charge >= 0.3 is 0 Å². The normalized spacial score (nSPS) is 25.7. The second-order valence-corrected chi connectivity index (χ2v) is 9.14. The maximum absolute atomic E-state index is 14.1. The van der Waals surface area contributed by atoms with Gasteiger partial charge in [-0.2, -0.15) is 0 Å². The summed E-state index contributed by atoms with van der Waals surface area (Å²) in [4.78, 5) is 53.5. The number of amides is 2. The molecule has 0 radical (unpaired) electrons. The van der Waals surface area contributed by atoms with Crippen LogP contribution >= 0.6 is 0 Å². The van der Waals surface area contributed by atoms with E-state index in [4.69, 9.17) is 4.74 Å². The highest BCUT2D eigenvalue weighted by Crippen LogP contribution is 2.64. The van der Waals surface area contributed by atoms with Crippen LogP contribution in [0.25, 0.3) is 0 Å². The third-order valence-corrected chi connectivity index (χ3v) is 7.79. The molecule has 0 aromatic heterocycles. The molecule has 35 heavy (non-hydrogen) atoms. The Balaban J connectivity index is 1.62. The first-order chi connectivity index (χ1) is 16.8. The Hall–Kier alpha value is -4.33. The number of hydrogen-bond donors (Lipinski definition) is 0. The minimum atomic E-state index is -1.30. The molecule has 0 unspecified atom stereocenters. The van der Waals surface area contributed by atoms with Crippen molar-refractivity contribution in [1.29, 1.82) is 0 Å². The number of imide groups is 1. The zero-order valence-corrected chi connectivity index (χ0v) is 18.9. The predicted molar refractivity (Wildman–Crippen MR) is 125 cm³/mol. The van der Waals surface area contributed by atoms with Crippen LogP contribution in [0.2, 0.25) is 0 Å². The number of carbonyl (C=O) groups is 3. The third-order valence-electron chi connectivity index (χ3n) is 7.79. The third kappa shape index (κ3) is 2.43. The summed E-state index contributed by atoms with van der Waals surface area (Å²) in [5.74, 6) is -3.21. The number of ketones is 1. The van der Waals surface area contributed by atoms with Crippen LogP contribution in [0.5, 0.6) is 5.75 Å². The molecule has 1 heterocycles. The summed E-state index contributed by atoms with van der Waals surface area (Å²) in [7, 11) is 1.33. The van der Waals surface area contributed by atoms with Gasteiger partial charge in [-0.25, -0.2) is 4.90 Å². The molecule has 1 aliphatic heterocycles. The average Bonchev–Trinajstić information content (AvgIpc) is 3.13. The molecule has 8 heteroatoms. The molecular formula is C27H20N2O6. The standard InChI is InChI=1S/C27H20N2O6/c1-14(30)27-18-9-5-3-7-16(18)22(17-8-4-6-10-19(17)27)23-24(27)26(32)28(25(23)31)20-12-11-15(29(33)34)13-21(20)35-2/h3-13,22-24H,1-2H3/t22?,23-,24-,27?/m0/s1. The summed E-state index contributed by atoms with van der Waals surface area (Å²) < 4.78 is 5.35. The lowest BCUT2D eigenvalue weighted by molar-refractivity contribution is -0.384. The number of Topliss-reactive ketones (excluding diaryl/α,β-unsaturated/α-hetero) is 1. The van der Waals surface area contributed by atoms with E-state index in [1.807, 2.05) is 48.5 Å². The number of methoxy groups -OCH3 is 1. The molecule has 2 atom stereocenters. The van der Waals surface area contributed by atoms with Crippen molar-refractivity contribution in [3.63, 3.8) is 0 Å². The van der Waals surface area contributed by atoms with Gasteiger partial charge in [0, 0.05) is 12.0 Å². The second-order valence-electron chi connectivity index (χ2n) is 9.14. The summed E-state index contributed by atoms with van der Waals surface area (Å²) in [5, 5.41) is 11.3. The van der Waals surface area contributed by atoms with Crippen molar-refractivity contribution in [3.05, 3.63) is 99.1 Å². The molecule has 0 N–H and O–H groups in total. The van der Waals surface area contributed by atoms with E-state index in [0.29, 0.717) is 0 Å². The highest BCUT2D eigenvalue weighted by Gasteiger charge is 2.70. The van der Waals surface area contributed by atoms with E-state index in [0.717, 1.165) is 27.2 Å². The molecule has 2 amide bonds. The molecule has 3 aromatic rings. The number of nitro groups is 1. The van der Waals surface area contributed by atoms with Crippen LogP contribution in [0.3, 0.4) is 0 Å². The van der Waals surface area contributed by atoms with Crippen molar-refractivity contribution in [3.8, 4) is 5.75 Å². The molecule has 0 spiro atoms. The highest BCUT2D eigenvalue weighted by atomic mass is 16.6. The van der Waals surface area contributed by atoms with E-state index < -0.39 is 34.0 Å². The number of nitro benzene ring substituents is 1. The lowest BCUT2D eigenvalue weighted by atomic mass is 9.46. The highest BCUT2D eigenvalue weighted by molar-refractivity contribution is 6.26. The van der Waals surface area contributed by atoms with Crippen LogP contribution in [-0.2, 0) is 19.8 Å². The van der Waals surface area contributed by atoms with Crippen molar-refractivity contribution in [1.82, 2.24) is 0 Å². The molecule has 1 saturated heterocycles. The Morgan fingerprint density at radius 2 is 1.57 bits per heavy atom. The number of carbonyl (C=O) groups excluding carboxylic acids is 3. The number of anilines is 1. The lowest BCUT2D eigenvalue weighted by Gasteiger charge is -2.52. The van der Waals surface area contributed by atoms with E-state index in [9.17, 15) is 24.5 Å². The molecule has 0 saturated carbocycles. The van der Waals surface area contributed by atoms with Crippen LogP contribution in [0.1, 0.15) is 35.1 Å². The number of non-ortho nitro benzene ring substituents is 1. The van der Waals surface area contributed by atoms with Gasteiger partial charge in [-0.3, -0.25) is 24.5 Å². The van der Waals surface area contributed by atoms with Gasteiger partial charge in [0.15, 0.2) is 0 Å². The number of hydrogen-bond acceptors (Lipinski definition) is 6. The van der Waals surface area contributed by atoms with Gasteiger partial charge in [0.25, 0.3) is 5.69 Å². The molecule has 2 bridgehead atoms. The summed E-state index contributed by atoms with van der Waals surface area (Å²) in [6.45, 7) is 1.48. The largest absolute Gasteiger partial charge is 0.494 e. The molecule has 8 nitrogen and oxygen atoms in total. The van der Waals surface area contributed by atoms with E-state index >= 15 is 0 Å². The van der Waals surface area contributed by atoms with Crippen LogP contribution in [0.15, 0.2) is 66.7 Å². The molecule has 3 aromatic carbocycles. The molecular weight excluding hydrogens is 448 g/mol. The zero-order valence-electron chi connectivity index (χ0n) is 18.9. The molecule has 3 aliphatic carbocycles. The van der Waals surface area contributed by atoms with E-state index in [1.54, 1.807) is 0 Å².